The second-order valence-corrected chi connectivity index (χ2v) is 9.39. The Bertz CT molecular complexity index is 1820. The van der Waals surface area contributed by atoms with Gasteiger partial charge in [0.1, 0.15) is 22.7 Å². The molecular weight excluding hydrogens is 468 g/mol. The van der Waals surface area contributed by atoms with E-state index in [0.717, 1.165) is 67.6 Å². The molecule has 3 aromatic carbocycles. The van der Waals surface area contributed by atoms with E-state index in [9.17, 15) is 0 Å². The molecule has 0 spiro atoms. The number of nitrogens with zero attached hydrogens (tertiary/aromatic N) is 6. The molecule has 0 fully saturated rings. The summed E-state index contributed by atoms with van der Waals surface area (Å²) in [5.41, 5.74) is 9.78. The summed E-state index contributed by atoms with van der Waals surface area (Å²) >= 11 is 0. The number of aromatic nitrogens is 6. The minimum absolute atomic E-state index is 0.832. The number of pyridine rings is 2. The van der Waals surface area contributed by atoms with Gasteiger partial charge in [-0.05, 0) is 67.4 Å². The number of fused-ring (bicyclic) bond motifs is 2. The van der Waals surface area contributed by atoms with Crippen molar-refractivity contribution in [2.45, 2.75) is 13.8 Å². The summed E-state index contributed by atoms with van der Waals surface area (Å²) in [6.45, 7) is 4.23. The number of benzene rings is 3. The van der Waals surface area contributed by atoms with E-state index in [1.54, 1.807) is 0 Å². The fourth-order valence-corrected chi connectivity index (χ4v) is 5.09. The maximum Gasteiger partial charge on any atom is 0.164 e. The van der Waals surface area contributed by atoms with Crippen LogP contribution >= 0.6 is 0 Å². The minimum Gasteiger partial charge on any atom is -0.276 e. The number of hydrogen-bond donors (Lipinski definition) is 0. The van der Waals surface area contributed by atoms with Gasteiger partial charge in [-0.1, -0.05) is 54.6 Å². The Morgan fingerprint density at radius 3 is 1.45 bits per heavy atom. The molecule has 0 aliphatic rings. The number of aryl methyl sites for hydroxylation is 2. The van der Waals surface area contributed by atoms with Gasteiger partial charge in [-0.2, -0.15) is 0 Å². The molecule has 0 saturated heterocycles. The third-order valence-corrected chi connectivity index (χ3v) is 6.92. The molecule has 6 nitrogen and oxygen atoms in total. The molecule has 0 atom stereocenters. The third kappa shape index (κ3) is 3.50. The molecule has 0 aliphatic carbocycles. The zero-order chi connectivity index (χ0) is 25.6. The van der Waals surface area contributed by atoms with Crippen LogP contribution in [0.3, 0.4) is 0 Å². The van der Waals surface area contributed by atoms with Crippen LogP contribution < -0.4 is 0 Å². The third-order valence-electron chi connectivity index (χ3n) is 6.92. The smallest absolute Gasteiger partial charge is 0.164 e. The lowest BCUT2D eigenvalue weighted by Gasteiger charge is -2.14. The van der Waals surface area contributed by atoms with Crippen molar-refractivity contribution in [1.29, 1.82) is 0 Å². The lowest BCUT2D eigenvalue weighted by molar-refractivity contribution is 1.05. The number of rotatable bonds is 4. The predicted octanol–water partition coefficient (Wildman–Crippen LogP) is 7.11. The van der Waals surface area contributed by atoms with Crippen LogP contribution in [-0.2, 0) is 0 Å². The summed E-state index contributed by atoms with van der Waals surface area (Å²) in [4.78, 5) is 19.5. The first-order valence-electron chi connectivity index (χ1n) is 12.6. The van der Waals surface area contributed by atoms with Crippen LogP contribution in [0, 0.1) is 13.8 Å². The van der Waals surface area contributed by atoms with Crippen molar-refractivity contribution in [1.82, 2.24) is 29.1 Å². The highest BCUT2D eigenvalue weighted by molar-refractivity contribution is 5.84. The molecule has 6 heteroatoms. The first-order chi connectivity index (χ1) is 18.7. The van der Waals surface area contributed by atoms with Crippen LogP contribution in [0.2, 0.25) is 0 Å². The lowest BCUT2D eigenvalue weighted by Crippen LogP contribution is -2.02. The van der Waals surface area contributed by atoms with Gasteiger partial charge in [0, 0.05) is 23.5 Å². The van der Waals surface area contributed by atoms with E-state index in [4.69, 9.17) is 19.9 Å². The first-order valence-corrected chi connectivity index (χ1v) is 12.6. The van der Waals surface area contributed by atoms with Crippen LogP contribution in [-0.4, -0.2) is 29.1 Å². The number of imidazole rings is 2. The van der Waals surface area contributed by atoms with E-state index in [2.05, 4.69) is 95.8 Å². The van der Waals surface area contributed by atoms with Crippen molar-refractivity contribution in [2.24, 2.45) is 0 Å². The molecule has 0 saturated carbocycles. The lowest BCUT2D eigenvalue weighted by atomic mass is 10.1. The molecular formula is C32H24N6. The fraction of sp³-hybridized carbons (Fsp3) is 0.0625. The molecule has 0 aliphatic heterocycles. The van der Waals surface area contributed by atoms with Gasteiger partial charge >= 0.3 is 0 Å². The normalized spacial score (nSPS) is 11.4. The fourth-order valence-electron chi connectivity index (χ4n) is 5.09. The molecule has 0 bridgehead atoms. The van der Waals surface area contributed by atoms with Gasteiger partial charge in [-0.25, -0.2) is 19.9 Å². The van der Waals surface area contributed by atoms with Crippen LogP contribution in [0.5, 0.6) is 0 Å². The summed E-state index contributed by atoms with van der Waals surface area (Å²) < 4.78 is 4.30. The topological polar surface area (TPSA) is 61.4 Å². The van der Waals surface area contributed by atoms with Gasteiger partial charge in [0.15, 0.2) is 11.3 Å². The monoisotopic (exact) mass is 492 g/mol. The van der Waals surface area contributed by atoms with Crippen LogP contribution in [0.25, 0.3) is 56.5 Å². The number of hydrogen-bond acceptors (Lipinski definition) is 4. The van der Waals surface area contributed by atoms with Crippen molar-refractivity contribution >= 4 is 22.3 Å². The van der Waals surface area contributed by atoms with Gasteiger partial charge in [-0.15, -0.1) is 0 Å². The molecule has 7 aromatic rings. The Hall–Kier alpha value is -5.10. The van der Waals surface area contributed by atoms with E-state index in [1.807, 2.05) is 36.7 Å². The molecule has 0 amide bonds. The summed E-state index contributed by atoms with van der Waals surface area (Å²) in [6.07, 6.45) is 3.63. The van der Waals surface area contributed by atoms with Gasteiger partial charge in [0.05, 0.1) is 11.4 Å². The van der Waals surface area contributed by atoms with Crippen LogP contribution in [0.1, 0.15) is 11.1 Å². The second-order valence-electron chi connectivity index (χ2n) is 9.39. The summed E-state index contributed by atoms with van der Waals surface area (Å²) in [7, 11) is 0. The SMILES string of the molecule is Cc1ccccc1-n1c(-c2cccc(-c3nc4cccnc4n3-c3ccccc3C)c2)nc2cccnc21. The van der Waals surface area contributed by atoms with Crippen molar-refractivity contribution < 1.29 is 0 Å². The highest BCUT2D eigenvalue weighted by Gasteiger charge is 2.20. The van der Waals surface area contributed by atoms with Crippen LogP contribution in [0.15, 0.2) is 109 Å². The summed E-state index contributed by atoms with van der Waals surface area (Å²) in [5.74, 6) is 1.68. The quantitative estimate of drug-likeness (QED) is 0.263. The van der Waals surface area contributed by atoms with E-state index in [0.29, 0.717) is 0 Å². The molecule has 0 unspecified atom stereocenters. The van der Waals surface area contributed by atoms with Gasteiger partial charge in [0.2, 0.25) is 0 Å². The average molecular weight is 493 g/mol. The number of para-hydroxylation sites is 2. The summed E-state index contributed by atoms with van der Waals surface area (Å²) in [5, 5.41) is 0. The summed E-state index contributed by atoms with van der Waals surface area (Å²) in [6, 6.07) is 32.9. The van der Waals surface area contributed by atoms with E-state index >= 15 is 0 Å². The zero-order valence-electron chi connectivity index (χ0n) is 21.1. The molecule has 0 N–H and O–H groups in total. The van der Waals surface area contributed by atoms with Crippen molar-refractivity contribution in [3.05, 3.63) is 121 Å². The van der Waals surface area contributed by atoms with Crippen molar-refractivity contribution in [3.63, 3.8) is 0 Å². The highest BCUT2D eigenvalue weighted by atomic mass is 15.1. The Kier molecular flexibility index (Phi) is 5.11. The van der Waals surface area contributed by atoms with Gasteiger partial charge in [-0.3, -0.25) is 9.13 Å². The maximum atomic E-state index is 5.03. The standard InChI is InChI=1S/C32H24N6/c1-21-10-3-5-16-27(21)37-29(35-25-14-8-18-33-31(25)37)23-12-7-13-24(20-23)30-36-26-15-9-19-34-32(26)38(30)28-17-6-4-11-22(28)2/h3-20H,1-2H3. The Morgan fingerprint density at radius 2 is 0.974 bits per heavy atom. The predicted molar refractivity (Wildman–Crippen MR) is 152 cm³/mol. The Balaban J connectivity index is 1.48. The van der Waals surface area contributed by atoms with Crippen molar-refractivity contribution in [2.75, 3.05) is 0 Å². The molecule has 38 heavy (non-hydrogen) atoms. The minimum atomic E-state index is 0.832. The van der Waals surface area contributed by atoms with E-state index < -0.39 is 0 Å². The maximum absolute atomic E-state index is 5.03. The second kappa shape index (κ2) is 8.78. The largest absolute Gasteiger partial charge is 0.276 e. The molecule has 7 rings (SSSR count). The molecule has 182 valence electrons. The molecule has 4 aromatic heterocycles. The van der Waals surface area contributed by atoms with Crippen LogP contribution in [0.4, 0.5) is 0 Å². The van der Waals surface area contributed by atoms with E-state index in [-0.39, 0.29) is 0 Å². The molecule has 4 heterocycles. The highest BCUT2D eigenvalue weighted by Crippen LogP contribution is 2.33. The van der Waals surface area contributed by atoms with Gasteiger partial charge < -0.3 is 0 Å². The van der Waals surface area contributed by atoms with Gasteiger partial charge in [0.25, 0.3) is 0 Å². The zero-order valence-corrected chi connectivity index (χ0v) is 21.1. The Labute approximate surface area is 219 Å². The molecule has 0 radical (unpaired) electrons. The average Bonchev–Trinajstić information content (AvgIpc) is 3.53. The first kappa shape index (κ1) is 22.1. The van der Waals surface area contributed by atoms with Crippen molar-refractivity contribution in [3.8, 4) is 34.2 Å². The Morgan fingerprint density at radius 1 is 0.500 bits per heavy atom. The van der Waals surface area contributed by atoms with E-state index in [1.165, 1.54) is 0 Å².